The van der Waals surface area contributed by atoms with E-state index in [0.717, 1.165) is 49.8 Å². The molecule has 3 N–H and O–H groups in total. The van der Waals surface area contributed by atoms with Gasteiger partial charge in [-0.3, -0.25) is 9.79 Å². The van der Waals surface area contributed by atoms with Gasteiger partial charge in [-0.15, -0.1) is 0 Å². The molecule has 1 aliphatic carbocycles. The van der Waals surface area contributed by atoms with Crippen molar-refractivity contribution in [3.8, 4) is 5.75 Å². The second kappa shape index (κ2) is 12.2. The van der Waals surface area contributed by atoms with Crippen LogP contribution in [0.25, 0.3) is 0 Å². The number of hydrogen-bond acceptors (Lipinski definition) is 3. The molecule has 6 nitrogen and oxygen atoms in total. The first-order valence-corrected chi connectivity index (χ1v) is 11.3. The van der Waals surface area contributed by atoms with E-state index >= 15 is 0 Å². The summed E-state index contributed by atoms with van der Waals surface area (Å²) in [7, 11) is 0. The van der Waals surface area contributed by atoms with E-state index in [9.17, 15) is 4.79 Å². The van der Waals surface area contributed by atoms with Crippen LogP contribution in [-0.2, 0) is 17.6 Å². The number of aliphatic imine (C=N–C) groups is 1. The van der Waals surface area contributed by atoms with Crippen molar-refractivity contribution in [1.82, 2.24) is 16.0 Å². The summed E-state index contributed by atoms with van der Waals surface area (Å²) in [6.07, 6.45) is 3.87. The highest BCUT2D eigenvalue weighted by Gasteiger charge is 2.23. The maximum absolute atomic E-state index is 11.7. The third-order valence-electron chi connectivity index (χ3n) is 4.85. The van der Waals surface area contributed by atoms with Crippen LogP contribution in [0.15, 0.2) is 53.5 Å². The van der Waals surface area contributed by atoms with Gasteiger partial charge < -0.3 is 20.7 Å². The predicted molar refractivity (Wildman–Crippen MR) is 126 cm³/mol. The summed E-state index contributed by atoms with van der Waals surface area (Å²) in [5.41, 5.74) is 2.37. The second-order valence-corrected chi connectivity index (χ2v) is 8.03. The Morgan fingerprint density at radius 3 is 2.61 bits per heavy atom. The molecule has 0 aliphatic heterocycles. The van der Waals surface area contributed by atoms with Crippen LogP contribution < -0.4 is 20.7 Å². The Kier molecular flexibility index (Phi) is 9.03. The van der Waals surface area contributed by atoms with E-state index < -0.39 is 0 Å². The minimum atomic E-state index is -0.0558. The Balaban J connectivity index is 1.39. The maximum atomic E-state index is 11.7. The van der Waals surface area contributed by atoms with Crippen LogP contribution in [0.5, 0.6) is 5.75 Å². The van der Waals surface area contributed by atoms with Crippen LogP contribution >= 0.6 is 11.6 Å². The van der Waals surface area contributed by atoms with E-state index in [4.69, 9.17) is 16.3 Å². The highest BCUT2D eigenvalue weighted by Crippen LogP contribution is 2.18. The van der Waals surface area contributed by atoms with Crippen LogP contribution in [0.1, 0.15) is 30.9 Å². The number of nitrogens with one attached hydrogen (secondary N) is 3. The summed E-state index contributed by atoms with van der Waals surface area (Å²) in [5, 5.41) is 10.3. The van der Waals surface area contributed by atoms with Crippen molar-refractivity contribution in [2.24, 2.45) is 4.99 Å². The molecule has 166 valence electrons. The van der Waals surface area contributed by atoms with Crippen LogP contribution in [0.2, 0.25) is 5.02 Å². The number of amides is 1. The Hall–Kier alpha value is -2.73. The molecule has 0 saturated heterocycles. The molecule has 3 rings (SSSR count). The molecule has 1 fully saturated rings. The van der Waals surface area contributed by atoms with E-state index in [1.165, 1.54) is 11.1 Å². The second-order valence-electron chi connectivity index (χ2n) is 7.59. The fourth-order valence-electron chi connectivity index (χ4n) is 3.05. The van der Waals surface area contributed by atoms with E-state index in [-0.39, 0.29) is 12.5 Å². The Bertz CT molecular complexity index is 866. The van der Waals surface area contributed by atoms with Gasteiger partial charge in [0.05, 0.1) is 0 Å². The number of hydrogen-bond donors (Lipinski definition) is 3. The molecule has 0 spiro atoms. The monoisotopic (exact) mass is 442 g/mol. The summed E-state index contributed by atoms with van der Waals surface area (Å²) in [5.74, 6) is 1.46. The molecule has 31 heavy (non-hydrogen) atoms. The number of ether oxygens (including phenoxy) is 1. The van der Waals surface area contributed by atoms with Gasteiger partial charge in [0.15, 0.2) is 12.6 Å². The van der Waals surface area contributed by atoms with E-state index in [1.54, 1.807) is 0 Å². The molecular formula is C24H31ClN4O2. The van der Waals surface area contributed by atoms with Crippen LogP contribution in [0.3, 0.4) is 0 Å². The van der Waals surface area contributed by atoms with E-state index in [0.29, 0.717) is 18.3 Å². The summed E-state index contributed by atoms with van der Waals surface area (Å²) < 4.78 is 5.55. The van der Waals surface area contributed by atoms with Gasteiger partial charge in [-0.05, 0) is 68.0 Å². The minimum Gasteiger partial charge on any atom is -0.484 e. The molecule has 2 aromatic rings. The van der Waals surface area contributed by atoms with Gasteiger partial charge in [0, 0.05) is 30.7 Å². The summed E-state index contributed by atoms with van der Waals surface area (Å²) in [6.45, 7) is 4.39. The Morgan fingerprint density at radius 1 is 1.10 bits per heavy atom. The fourth-order valence-corrected chi connectivity index (χ4v) is 3.27. The van der Waals surface area contributed by atoms with Gasteiger partial charge in [-0.2, -0.15) is 0 Å². The van der Waals surface area contributed by atoms with Crippen molar-refractivity contribution in [1.29, 1.82) is 0 Å². The summed E-state index contributed by atoms with van der Waals surface area (Å²) >= 11 is 6.04. The zero-order valence-electron chi connectivity index (χ0n) is 18.0. The Labute approximate surface area is 189 Å². The number of benzene rings is 2. The standard InChI is InChI=1S/C24H31ClN4O2/c1-2-26-24(28-15-13-19-4-3-5-20(25)16-19)27-14-12-18-6-10-22(11-7-18)31-17-23(30)29-21-8-9-21/h3-7,10-11,16,21H,2,8-9,12-15,17H2,1H3,(H,29,30)(H2,26,27,28). The van der Waals surface area contributed by atoms with Crippen molar-refractivity contribution < 1.29 is 9.53 Å². The lowest BCUT2D eigenvalue weighted by atomic mass is 10.1. The van der Waals surface area contributed by atoms with Gasteiger partial charge in [-0.1, -0.05) is 35.9 Å². The predicted octanol–water partition coefficient (Wildman–Crippen LogP) is 3.34. The maximum Gasteiger partial charge on any atom is 0.258 e. The smallest absolute Gasteiger partial charge is 0.258 e. The van der Waals surface area contributed by atoms with Gasteiger partial charge in [0.1, 0.15) is 5.75 Å². The van der Waals surface area contributed by atoms with Gasteiger partial charge in [0.2, 0.25) is 0 Å². The van der Waals surface area contributed by atoms with Crippen molar-refractivity contribution >= 4 is 23.5 Å². The van der Waals surface area contributed by atoms with Crippen LogP contribution in [0, 0.1) is 0 Å². The molecule has 1 aliphatic rings. The zero-order valence-corrected chi connectivity index (χ0v) is 18.8. The van der Waals surface area contributed by atoms with Crippen molar-refractivity contribution in [2.45, 2.75) is 38.6 Å². The molecule has 7 heteroatoms. The van der Waals surface area contributed by atoms with Crippen molar-refractivity contribution in [2.75, 3.05) is 26.2 Å². The third kappa shape index (κ3) is 8.89. The average molecular weight is 443 g/mol. The number of nitrogens with zero attached hydrogens (tertiary/aromatic N) is 1. The topological polar surface area (TPSA) is 74.8 Å². The third-order valence-corrected chi connectivity index (χ3v) is 5.08. The molecule has 1 saturated carbocycles. The lowest BCUT2D eigenvalue weighted by Gasteiger charge is -2.11. The number of halogens is 1. The van der Waals surface area contributed by atoms with Gasteiger partial charge >= 0.3 is 0 Å². The molecule has 0 aromatic heterocycles. The largest absolute Gasteiger partial charge is 0.484 e. The lowest BCUT2D eigenvalue weighted by Crippen LogP contribution is -2.38. The van der Waals surface area contributed by atoms with E-state index in [2.05, 4.69) is 33.9 Å². The normalized spacial score (nSPS) is 13.5. The molecular weight excluding hydrogens is 412 g/mol. The molecule has 0 bridgehead atoms. The molecule has 0 unspecified atom stereocenters. The van der Waals surface area contributed by atoms with Crippen LogP contribution in [-0.4, -0.2) is 44.1 Å². The quantitative estimate of drug-likeness (QED) is 0.368. The lowest BCUT2D eigenvalue weighted by molar-refractivity contribution is -0.123. The minimum absolute atomic E-state index is 0.0558. The molecule has 0 heterocycles. The highest BCUT2D eigenvalue weighted by atomic mass is 35.5. The number of guanidine groups is 1. The van der Waals surface area contributed by atoms with Crippen molar-refractivity contribution in [3.63, 3.8) is 0 Å². The summed E-state index contributed by atoms with van der Waals surface area (Å²) in [4.78, 5) is 16.4. The molecule has 1 amide bonds. The summed E-state index contributed by atoms with van der Waals surface area (Å²) in [6, 6.07) is 16.1. The SMILES string of the molecule is CCNC(=NCCc1ccc(OCC(=O)NC2CC2)cc1)NCCc1cccc(Cl)c1. The first-order chi connectivity index (χ1) is 15.1. The van der Waals surface area contributed by atoms with Gasteiger partial charge in [0.25, 0.3) is 5.91 Å². The van der Waals surface area contributed by atoms with Gasteiger partial charge in [-0.25, -0.2) is 0 Å². The van der Waals surface area contributed by atoms with Crippen molar-refractivity contribution in [3.05, 3.63) is 64.7 Å². The number of rotatable bonds is 11. The zero-order chi connectivity index (χ0) is 21.9. The van der Waals surface area contributed by atoms with E-state index in [1.807, 2.05) is 42.5 Å². The first-order valence-electron chi connectivity index (χ1n) is 10.9. The van der Waals surface area contributed by atoms with Crippen LogP contribution in [0.4, 0.5) is 0 Å². The molecule has 0 radical (unpaired) electrons. The molecule has 0 atom stereocenters. The highest BCUT2D eigenvalue weighted by molar-refractivity contribution is 6.30. The molecule has 2 aromatic carbocycles. The fraction of sp³-hybridized carbons (Fsp3) is 0.417. The Morgan fingerprint density at radius 2 is 1.90 bits per heavy atom. The first kappa shape index (κ1) is 22.9. The number of carbonyl (C=O) groups is 1. The number of carbonyl (C=O) groups excluding carboxylic acids is 1. The average Bonchev–Trinajstić information content (AvgIpc) is 3.57.